The number of nitrogens with zero attached hydrogens (tertiary/aromatic N) is 2. The van der Waals surface area contributed by atoms with Crippen molar-refractivity contribution in [3.63, 3.8) is 0 Å². The highest BCUT2D eigenvalue weighted by Gasteiger charge is 2.10. The standard InChI is InChI=1S/C16H19N3O2/c1-19(11-14-3-2-8-18-10-14)16(20)12-21-15-6-4-13(9-17)5-7-15/h2-8,10H,9,11-12,17H2,1H3. The largest absolute Gasteiger partial charge is 0.484 e. The number of aromatic nitrogens is 1. The van der Waals surface area contributed by atoms with Gasteiger partial charge in [-0.25, -0.2) is 0 Å². The Kier molecular flexibility index (Phi) is 5.29. The lowest BCUT2D eigenvalue weighted by atomic mass is 10.2. The number of ether oxygens (including phenoxy) is 1. The van der Waals surface area contributed by atoms with E-state index >= 15 is 0 Å². The molecule has 2 N–H and O–H groups in total. The summed E-state index contributed by atoms with van der Waals surface area (Å²) >= 11 is 0. The van der Waals surface area contributed by atoms with E-state index in [-0.39, 0.29) is 12.5 Å². The molecule has 0 spiro atoms. The number of benzene rings is 1. The number of pyridine rings is 1. The Morgan fingerprint density at radius 1 is 1.24 bits per heavy atom. The van der Waals surface area contributed by atoms with Gasteiger partial charge in [0.2, 0.25) is 0 Å². The average Bonchev–Trinajstić information content (AvgIpc) is 2.54. The molecule has 0 saturated heterocycles. The molecule has 0 fully saturated rings. The fraction of sp³-hybridized carbons (Fsp3) is 0.250. The zero-order valence-corrected chi connectivity index (χ0v) is 12.0. The molecule has 1 aromatic heterocycles. The van der Waals surface area contributed by atoms with E-state index in [0.717, 1.165) is 11.1 Å². The van der Waals surface area contributed by atoms with Crippen LogP contribution in [0.1, 0.15) is 11.1 Å². The molecule has 1 heterocycles. The van der Waals surface area contributed by atoms with Crippen LogP contribution in [0.3, 0.4) is 0 Å². The van der Waals surface area contributed by atoms with Crippen LogP contribution in [-0.4, -0.2) is 29.4 Å². The monoisotopic (exact) mass is 285 g/mol. The van der Waals surface area contributed by atoms with Gasteiger partial charge in [-0.2, -0.15) is 0 Å². The summed E-state index contributed by atoms with van der Waals surface area (Å²) in [5.41, 5.74) is 7.55. The summed E-state index contributed by atoms with van der Waals surface area (Å²) in [7, 11) is 1.75. The van der Waals surface area contributed by atoms with Crippen molar-refractivity contribution in [1.29, 1.82) is 0 Å². The molecule has 110 valence electrons. The van der Waals surface area contributed by atoms with E-state index in [1.54, 1.807) is 24.3 Å². The number of rotatable bonds is 6. The summed E-state index contributed by atoms with van der Waals surface area (Å²) in [5.74, 6) is 0.581. The summed E-state index contributed by atoms with van der Waals surface area (Å²) in [4.78, 5) is 17.6. The summed E-state index contributed by atoms with van der Waals surface area (Å²) < 4.78 is 5.48. The minimum absolute atomic E-state index is 0.0126. The Labute approximate surface area is 124 Å². The fourth-order valence-electron chi connectivity index (χ4n) is 1.83. The van der Waals surface area contributed by atoms with E-state index < -0.39 is 0 Å². The third kappa shape index (κ3) is 4.57. The molecule has 0 aliphatic rings. The molecule has 1 aromatic carbocycles. The van der Waals surface area contributed by atoms with Crippen LogP contribution >= 0.6 is 0 Å². The van der Waals surface area contributed by atoms with Gasteiger partial charge in [-0.1, -0.05) is 18.2 Å². The second-order valence-electron chi connectivity index (χ2n) is 4.75. The lowest BCUT2D eigenvalue weighted by molar-refractivity contribution is -0.132. The number of amides is 1. The van der Waals surface area contributed by atoms with Gasteiger partial charge in [-0.15, -0.1) is 0 Å². The van der Waals surface area contributed by atoms with Crippen LogP contribution in [0.2, 0.25) is 0 Å². The van der Waals surface area contributed by atoms with Crippen LogP contribution in [0, 0.1) is 0 Å². The van der Waals surface area contributed by atoms with Gasteiger partial charge in [-0.05, 0) is 29.3 Å². The number of carbonyl (C=O) groups excluding carboxylic acids is 1. The Morgan fingerprint density at radius 2 is 2.00 bits per heavy atom. The topological polar surface area (TPSA) is 68.5 Å². The Morgan fingerprint density at radius 3 is 2.62 bits per heavy atom. The maximum atomic E-state index is 12.0. The second-order valence-corrected chi connectivity index (χ2v) is 4.75. The number of carbonyl (C=O) groups is 1. The Bertz CT molecular complexity index is 570. The molecule has 0 saturated carbocycles. The third-order valence-corrected chi connectivity index (χ3v) is 3.09. The van der Waals surface area contributed by atoms with Gasteiger partial charge in [0.1, 0.15) is 5.75 Å². The molecular weight excluding hydrogens is 266 g/mol. The highest BCUT2D eigenvalue weighted by Crippen LogP contribution is 2.12. The molecule has 5 nitrogen and oxygen atoms in total. The van der Waals surface area contributed by atoms with E-state index in [1.807, 2.05) is 36.4 Å². The van der Waals surface area contributed by atoms with Crippen molar-refractivity contribution in [2.45, 2.75) is 13.1 Å². The molecule has 0 aliphatic heterocycles. The zero-order chi connectivity index (χ0) is 15.1. The van der Waals surface area contributed by atoms with Crippen LogP contribution in [0.25, 0.3) is 0 Å². The minimum atomic E-state index is -0.0817. The van der Waals surface area contributed by atoms with Gasteiger partial charge < -0.3 is 15.4 Å². The first-order valence-corrected chi connectivity index (χ1v) is 6.73. The van der Waals surface area contributed by atoms with E-state index in [9.17, 15) is 4.79 Å². The second kappa shape index (κ2) is 7.40. The van der Waals surface area contributed by atoms with Crippen LogP contribution in [-0.2, 0) is 17.9 Å². The molecule has 2 rings (SSSR count). The number of hydrogen-bond acceptors (Lipinski definition) is 4. The van der Waals surface area contributed by atoms with Crippen molar-refractivity contribution in [3.8, 4) is 5.75 Å². The molecule has 0 radical (unpaired) electrons. The molecule has 0 bridgehead atoms. The maximum Gasteiger partial charge on any atom is 0.260 e. The first-order valence-electron chi connectivity index (χ1n) is 6.73. The molecule has 1 amide bonds. The maximum absolute atomic E-state index is 12.0. The number of nitrogens with two attached hydrogens (primary N) is 1. The molecule has 0 aliphatic carbocycles. The quantitative estimate of drug-likeness (QED) is 0.875. The van der Waals surface area contributed by atoms with Crippen molar-refractivity contribution in [1.82, 2.24) is 9.88 Å². The average molecular weight is 285 g/mol. The summed E-state index contributed by atoms with van der Waals surface area (Å²) in [5, 5.41) is 0. The lowest BCUT2D eigenvalue weighted by Gasteiger charge is -2.17. The van der Waals surface area contributed by atoms with Crippen molar-refractivity contribution >= 4 is 5.91 Å². The van der Waals surface area contributed by atoms with Crippen LogP contribution < -0.4 is 10.5 Å². The van der Waals surface area contributed by atoms with E-state index in [1.165, 1.54) is 0 Å². The van der Waals surface area contributed by atoms with E-state index in [4.69, 9.17) is 10.5 Å². The normalized spacial score (nSPS) is 10.2. The molecule has 5 heteroatoms. The van der Waals surface area contributed by atoms with Crippen molar-refractivity contribution in [3.05, 3.63) is 59.9 Å². The SMILES string of the molecule is CN(Cc1cccnc1)C(=O)COc1ccc(CN)cc1. The molecule has 2 aromatic rings. The summed E-state index contributed by atoms with van der Waals surface area (Å²) in [6.07, 6.45) is 3.45. The minimum Gasteiger partial charge on any atom is -0.484 e. The van der Waals surface area contributed by atoms with Gasteiger partial charge in [-0.3, -0.25) is 9.78 Å². The van der Waals surface area contributed by atoms with E-state index in [0.29, 0.717) is 18.8 Å². The van der Waals surface area contributed by atoms with Crippen molar-refractivity contribution in [2.24, 2.45) is 5.73 Å². The fourth-order valence-corrected chi connectivity index (χ4v) is 1.83. The van der Waals surface area contributed by atoms with Crippen LogP contribution in [0.15, 0.2) is 48.8 Å². The summed E-state index contributed by atoms with van der Waals surface area (Å²) in [6.45, 7) is 1.02. The van der Waals surface area contributed by atoms with Crippen LogP contribution in [0.4, 0.5) is 0 Å². The predicted molar refractivity (Wildman–Crippen MR) is 80.5 cm³/mol. The predicted octanol–water partition coefficient (Wildman–Crippen LogP) is 1.58. The van der Waals surface area contributed by atoms with Gasteiger partial charge in [0.15, 0.2) is 6.61 Å². The highest BCUT2D eigenvalue weighted by atomic mass is 16.5. The van der Waals surface area contributed by atoms with Gasteiger partial charge in [0.05, 0.1) is 0 Å². The lowest BCUT2D eigenvalue weighted by Crippen LogP contribution is -2.30. The molecule has 0 unspecified atom stereocenters. The zero-order valence-electron chi connectivity index (χ0n) is 12.0. The smallest absolute Gasteiger partial charge is 0.260 e. The van der Waals surface area contributed by atoms with Crippen molar-refractivity contribution < 1.29 is 9.53 Å². The Balaban J connectivity index is 1.83. The number of likely N-dealkylation sites (N-methyl/N-ethyl adjacent to an activating group) is 1. The third-order valence-electron chi connectivity index (χ3n) is 3.09. The highest BCUT2D eigenvalue weighted by molar-refractivity contribution is 5.77. The summed E-state index contributed by atoms with van der Waals surface area (Å²) in [6, 6.07) is 11.2. The van der Waals surface area contributed by atoms with Gasteiger partial charge in [0, 0.05) is 32.5 Å². The van der Waals surface area contributed by atoms with Gasteiger partial charge >= 0.3 is 0 Å². The first kappa shape index (κ1) is 15.0. The molecular formula is C16H19N3O2. The van der Waals surface area contributed by atoms with Crippen LogP contribution in [0.5, 0.6) is 5.75 Å². The molecule has 0 atom stereocenters. The van der Waals surface area contributed by atoms with Gasteiger partial charge in [0.25, 0.3) is 5.91 Å². The number of hydrogen-bond donors (Lipinski definition) is 1. The first-order chi connectivity index (χ1) is 10.2. The molecule has 21 heavy (non-hydrogen) atoms. The Hall–Kier alpha value is -2.40. The van der Waals surface area contributed by atoms with E-state index in [2.05, 4.69) is 4.98 Å². The van der Waals surface area contributed by atoms with Crippen molar-refractivity contribution in [2.75, 3.05) is 13.7 Å².